The van der Waals surface area contributed by atoms with Crippen molar-refractivity contribution < 1.29 is 9.32 Å². The second-order valence-corrected chi connectivity index (χ2v) is 7.21. The predicted octanol–water partition coefficient (Wildman–Crippen LogP) is 3.97. The van der Waals surface area contributed by atoms with E-state index in [-0.39, 0.29) is 12.5 Å². The van der Waals surface area contributed by atoms with E-state index in [9.17, 15) is 9.59 Å². The van der Waals surface area contributed by atoms with Crippen LogP contribution in [-0.2, 0) is 24.2 Å². The summed E-state index contributed by atoms with van der Waals surface area (Å²) < 4.78 is 6.17. The van der Waals surface area contributed by atoms with Crippen molar-refractivity contribution in [1.82, 2.24) is 9.72 Å². The molecule has 148 valence electrons. The summed E-state index contributed by atoms with van der Waals surface area (Å²) in [6, 6.07) is 25.0. The fourth-order valence-corrected chi connectivity index (χ4v) is 3.96. The van der Waals surface area contributed by atoms with Crippen LogP contribution in [0.25, 0.3) is 11.4 Å². The molecule has 30 heavy (non-hydrogen) atoms. The maximum Gasteiger partial charge on any atom is 0.442 e. The predicted molar refractivity (Wildman–Crippen MR) is 114 cm³/mol. The number of carbonyl (C=O) groups excluding carboxylic acids is 1. The third-order valence-electron chi connectivity index (χ3n) is 5.39. The number of rotatable bonds is 3. The van der Waals surface area contributed by atoms with Crippen molar-refractivity contribution in [3.63, 3.8) is 0 Å². The molecule has 0 radical (unpaired) electrons. The first kappa shape index (κ1) is 18.1. The van der Waals surface area contributed by atoms with Gasteiger partial charge in [-0.25, -0.2) is 9.36 Å². The molecule has 1 aliphatic rings. The average molecular weight is 397 g/mol. The van der Waals surface area contributed by atoms with Gasteiger partial charge in [-0.05, 0) is 36.1 Å². The Bertz CT molecular complexity index is 1230. The molecule has 0 aliphatic carbocycles. The number of anilines is 2. The van der Waals surface area contributed by atoms with Gasteiger partial charge in [0.1, 0.15) is 6.54 Å². The number of aromatic nitrogens is 2. The fourth-order valence-electron chi connectivity index (χ4n) is 3.96. The summed E-state index contributed by atoms with van der Waals surface area (Å²) in [5.74, 6) is -0.539. The van der Waals surface area contributed by atoms with Crippen LogP contribution in [0.5, 0.6) is 0 Å². The number of aryl methyl sites for hydroxylation is 2. The van der Waals surface area contributed by atoms with E-state index in [4.69, 9.17) is 4.52 Å². The molecule has 0 unspecified atom stereocenters. The van der Waals surface area contributed by atoms with Gasteiger partial charge in [-0.15, -0.1) is 0 Å². The van der Waals surface area contributed by atoms with E-state index in [0.29, 0.717) is 11.4 Å². The maximum atomic E-state index is 13.6. The molecule has 3 aromatic carbocycles. The van der Waals surface area contributed by atoms with Gasteiger partial charge in [-0.1, -0.05) is 71.9 Å². The Balaban J connectivity index is 1.59. The monoisotopic (exact) mass is 397 g/mol. The molecule has 5 rings (SSSR count). The summed E-state index contributed by atoms with van der Waals surface area (Å²) in [5.41, 5.74) is 4.61. The summed E-state index contributed by atoms with van der Waals surface area (Å²) in [6.07, 6.45) is 1.69. The molecule has 0 bridgehead atoms. The van der Waals surface area contributed by atoms with Crippen molar-refractivity contribution in [2.24, 2.45) is 0 Å². The lowest BCUT2D eigenvalue weighted by molar-refractivity contribution is -0.118. The van der Waals surface area contributed by atoms with Gasteiger partial charge in [0.05, 0.1) is 11.4 Å². The van der Waals surface area contributed by atoms with Crippen LogP contribution in [0.3, 0.4) is 0 Å². The second-order valence-electron chi connectivity index (χ2n) is 7.21. The first-order valence-electron chi connectivity index (χ1n) is 9.83. The Morgan fingerprint density at radius 2 is 1.40 bits per heavy atom. The van der Waals surface area contributed by atoms with E-state index in [0.717, 1.165) is 35.3 Å². The van der Waals surface area contributed by atoms with Crippen LogP contribution in [-0.4, -0.2) is 15.6 Å². The van der Waals surface area contributed by atoms with E-state index in [2.05, 4.69) is 5.16 Å². The van der Waals surface area contributed by atoms with Crippen molar-refractivity contribution in [2.75, 3.05) is 4.90 Å². The zero-order valence-corrected chi connectivity index (χ0v) is 16.2. The second kappa shape index (κ2) is 7.48. The standard InChI is InChI=1S/C24H19N3O3/c28-22(16-26-23(25-30-24(26)29)19-10-2-1-3-11-19)27-20-12-6-4-8-17(20)14-15-18-9-5-7-13-21(18)27/h1-13H,14-16H2. The summed E-state index contributed by atoms with van der Waals surface area (Å²) in [4.78, 5) is 27.6. The van der Waals surface area contributed by atoms with E-state index in [1.807, 2.05) is 78.9 Å². The molecule has 4 aromatic rings. The molecule has 0 spiro atoms. The summed E-state index contributed by atoms with van der Waals surface area (Å²) in [7, 11) is 0. The van der Waals surface area contributed by atoms with Gasteiger partial charge >= 0.3 is 5.76 Å². The minimum Gasteiger partial charge on any atom is -0.295 e. The Morgan fingerprint density at radius 3 is 2.03 bits per heavy atom. The molecule has 0 fully saturated rings. The van der Waals surface area contributed by atoms with Gasteiger partial charge in [0, 0.05) is 5.56 Å². The molecule has 0 saturated carbocycles. The van der Waals surface area contributed by atoms with Crippen molar-refractivity contribution in [2.45, 2.75) is 19.4 Å². The summed E-state index contributed by atoms with van der Waals surface area (Å²) in [5, 5.41) is 3.90. The van der Waals surface area contributed by atoms with Crippen LogP contribution in [0.15, 0.2) is 88.2 Å². The number of carbonyl (C=O) groups is 1. The number of hydrogen-bond acceptors (Lipinski definition) is 4. The largest absolute Gasteiger partial charge is 0.442 e. The molecule has 1 aliphatic heterocycles. The minimum absolute atomic E-state index is 0.171. The smallest absolute Gasteiger partial charge is 0.295 e. The van der Waals surface area contributed by atoms with Crippen molar-refractivity contribution in [1.29, 1.82) is 0 Å². The highest BCUT2D eigenvalue weighted by molar-refractivity contribution is 6.02. The highest BCUT2D eigenvalue weighted by Gasteiger charge is 2.27. The highest BCUT2D eigenvalue weighted by atomic mass is 16.5. The lowest BCUT2D eigenvalue weighted by Crippen LogP contribution is -2.33. The van der Waals surface area contributed by atoms with Crippen LogP contribution in [0.4, 0.5) is 11.4 Å². The van der Waals surface area contributed by atoms with E-state index < -0.39 is 5.76 Å². The first-order valence-corrected chi connectivity index (χ1v) is 9.83. The van der Waals surface area contributed by atoms with Gasteiger partial charge < -0.3 is 0 Å². The van der Waals surface area contributed by atoms with Crippen LogP contribution in [0.1, 0.15) is 11.1 Å². The Labute approximate surface area is 173 Å². The topological polar surface area (TPSA) is 68.3 Å². The molecule has 0 N–H and O–H groups in total. The van der Waals surface area contributed by atoms with Crippen molar-refractivity contribution in [3.8, 4) is 11.4 Å². The Hall–Kier alpha value is -3.93. The third kappa shape index (κ3) is 3.12. The molecular formula is C24H19N3O3. The maximum absolute atomic E-state index is 13.6. The van der Waals surface area contributed by atoms with Gasteiger partial charge in [-0.3, -0.25) is 14.2 Å². The zero-order chi connectivity index (χ0) is 20.5. The third-order valence-corrected chi connectivity index (χ3v) is 5.39. The van der Waals surface area contributed by atoms with E-state index >= 15 is 0 Å². The van der Waals surface area contributed by atoms with Gasteiger partial charge in [0.2, 0.25) is 0 Å². The molecular weight excluding hydrogens is 378 g/mol. The SMILES string of the molecule is O=C(Cn1c(-c2ccccc2)noc1=O)N1c2ccccc2CCc2ccccc21. The quantitative estimate of drug-likeness (QED) is 0.525. The van der Waals surface area contributed by atoms with Gasteiger partial charge in [0.25, 0.3) is 5.91 Å². The summed E-state index contributed by atoms with van der Waals surface area (Å²) >= 11 is 0. The Morgan fingerprint density at radius 1 is 0.833 bits per heavy atom. The van der Waals surface area contributed by atoms with Crippen LogP contribution >= 0.6 is 0 Å². The molecule has 6 nitrogen and oxygen atoms in total. The van der Waals surface area contributed by atoms with Gasteiger partial charge in [-0.2, -0.15) is 0 Å². The lowest BCUT2D eigenvalue weighted by Gasteiger charge is -2.25. The van der Waals surface area contributed by atoms with Crippen LogP contribution in [0.2, 0.25) is 0 Å². The summed E-state index contributed by atoms with van der Waals surface area (Å²) in [6.45, 7) is -0.171. The number of hydrogen-bond donors (Lipinski definition) is 0. The normalized spacial score (nSPS) is 12.7. The number of benzene rings is 3. The van der Waals surface area contributed by atoms with Crippen molar-refractivity contribution in [3.05, 3.63) is 101 Å². The number of fused-ring (bicyclic) bond motifs is 2. The van der Waals surface area contributed by atoms with E-state index in [1.165, 1.54) is 4.57 Å². The van der Waals surface area contributed by atoms with E-state index in [1.54, 1.807) is 4.90 Å². The van der Waals surface area contributed by atoms with Gasteiger partial charge in [0.15, 0.2) is 5.82 Å². The van der Waals surface area contributed by atoms with Crippen molar-refractivity contribution >= 4 is 17.3 Å². The number of nitrogens with zero attached hydrogens (tertiary/aromatic N) is 3. The van der Waals surface area contributed by atoms with Crippen LogP contribution < -0.4 is 10.7 Å². The molecule has 2 heterocycles. The fraction of sp³-hybridized carbons (Fsp3) is 0.125. The molecule has 0 saturated heterocycles. The zero-order valence-electron chi connectivity index (χ0n) is 16.2. The molecule has 6 heteroatoms. The number of para-hydroxylation sites is 2. The highest BCUT2D eigenvalue weighted by Crippen LogP contribution is 2.36. The Kier molecular flexibility index (Phi) is 4.52. The number of amides is 1. The molecule has 1 amide bonds. The first-order chi connectivity index (χ1) is 14.7. The lowest BCUT2D eigenvalue weighted by atomic mass is 10.0. The minimum atomic E-state index is -0.654. The van der Waals surface area contributed by atoms with Crippen LogP contribution in [0, 0.1) is 0 Å². The molecule has 1 aromatic heterocycles. The average Bonchev–Trinajstić information content (AvgIpc) is 3.05. The molecule has 0 atom stereocenters.